The molecule has 3 nitrogen and oxygen atoms in total. The van der Waals surface area contributed by atoms with Crippen LogP contribution in [0.1, 0.15) is 13.8 Å². The van der Waals surface area contributed by atoms with Crippen LogP contribution in [-0.2, 0) is 0 Å². The fraction of sp³-hybridized carbons (Fsp3) is 0.714. The van der Waals surface area contributed by atoms with Crippen molar-refractivity contribution in [3.63, 3.8) is 0 Å². The van der Waals surface area contributed by atoms with E-state index in [1.165, 1.54) is 0 Å². The van der Waals surface area contributed by atoms with Gasteiger partial charge in [-0.15, -0.1) is 0 Å². The highest BCUT2D eigenvalue weighted by Crippen LogP contribution is 2.25. The van der Waals surface area contributed by atoms with Crippen LogP contribution in [0.2, 0.25) is 0 Å². The molecule has 0 spiro atoms. The van der Waals surface area contributed by atoms with Gasteiger partial charge in [-0.25, -0.2) is 0 Å². The fourth-order valence-corrected chi connectivity index (χ4v) is 1.97. The minimum Gasteiger partial charge on any atom is -0.282 e. The summed E-state index contributed by atoms with van der Waals surface area (Å²) in [6, 6.07) is 0.344. The highest BCUT2D eigenvalue weighted by Gasteiger charge is 2.18. The Labute approximate surface area is 81.7 Å². The topological polar surface area (TPSA) is 50.8 Å². The van der Waals surface area contributed by atoms with Crippen LogP contribution in [0, 0.1) is 21.3 Å². The summed E-state index contributed by atoms with van der Waals surface area (Å²) in [5, 5.41) is 20.9. The Bertz CT molecular complexity index is 188. The Morgan fingerprint density at radius 1 is 1.17 bits per heavy atom. The first-order chi connectivity index (χ1) is 5.63. The Balaban J connectivity index is 4.12. The first-order valence-electron chi connectivity index (χ1n) is 3.45. The maximum atomic E-state index is 8.46. The summed E-state index contributed by atoms with van der Waals surface area (Å²) in [6.45, 7) is 4.06. The molecule has 0 aromatic heterocycles. The van der Waals surface area contributed by atoms with Gasteiger partial charge in [0.25, 0.3) is 0 Å². The predicted octanol–water partition coefficient (Wildman–Crippen LogP) is 2.04. The lowest BCUT2D eigenvalue weighted by atomic mass is 10.4. The third-order valence-electron chi connectivity index (χ3n) is 1.45. The first kappa shape index (κ1) is 11.6. The Kier molecular flexibility index (Phi) is 6.00. The molecule has 0 aliphatic rings. The summed E-state index contributed by atoms with van der Waals surface area (Å²) >= 11 is 2.22. The van der Waals surface area contributed by atoms with Gasteiger partial charge < -0.3 is 0 Å². The molecule has 0 bridgehead atoms. The highest BCUT2D eigenvalue weighted by atomic mass is 32.2. The monoisotopic (exact) mass is 201 g/mol. The normalized spacial score (nSPS) is 10.3. The second-order valence-electron chi connectivity index (χ2n) is 2.48. The molecule has 5 heteroatoms. The van der Waals surface area contributed by atoms with E-state index in [-0.39, 0.29) is 4.71 Å². The molecule has 0 unspecified atom stereocenters. The van der Waals surface area contributed by atoms with Crippen molar-refractivity contribution in [1.82, 2.24) is 4.90 Å². The number of hydrogen-bond acceptors (Lipinski definition) is 5. The molecule has 0 heterocycles. The summed E-state index contributed by atoms with van der Waals surface area (Å²) < 4.78 is -0.0833. The fourth-order valence-electron chi connectivity index (χ4n) is 0.524. The van der Waals surface area contributed by atoms with Crippen molar-refractivity contribution < 1.29 is 0 Å². The largest absolute Gasteiger partial charge is 0.282 e. The van der Waals surface area contributed by atoms with Gasteiger partial charge in [-0.3, -0.25) is 4.90 Å². The lowest BCUT2D eigenvalue weighted by Gasteiger charge is -2.25. The summed E-state index contributed by atoms with van der Waals surface area (Å²) in [6.07, 6.45) is 0. The van der Waals surface area contributed by atoms with E-state index in [4.69, 9.17) is 10.5 Å². The van der Waals surface area contributed by atoms with Gasteiger partial charge in [0.15, 0.2) is 0 Å². The first-order valence-corrected chi connectivity index (χ1v) is 5.20. The molecule has 0 N–H and O–H groups in total. The van der Waals surface area contributed by atoms with Gasteiger partial charge in [0.2, 0.25) is 0 Å². The number of thiocyanates is 2. The molecule has 0 fully saturated rings. The smallest absolute Gasteiger partial charge is 0.135 e. The predicted molar refractivity (Wildman–Crippen MR) is 53.1 cm³/mol. The van der Waals surface area contributed by atoms with Crippen molar-refractivity contribution in [2.75, 3.05) is 7.05 Å². The van der Waals surface area contributed by atoms with E-state index in [9.17, 15) is 0 Å². The Morgan fingerprint density at radius 3 is 1.83 bits per heavy atom. The molecule has 66 valence electrons. The zero-order valence-corrected chi connectivity index (χ0v) is 8.95. The van der Waals surface area contributed by atoms with E-state index >= 15 is 0 Å². The highest BCUT2D eigenvalue weighted by molar-refractivity contribution is 8.20. The Hall–Kier alpha value is -0.360. The zero-order chi connectivity index (χ0) is 9.56. The molecule has 0 saturated heterocycles. The van der Waals surface area contributed by atoms with Crippen LogP contribution in [0.3, 0.4) is 0 Å². The third kappa shape index (κ3) is 3.87. The van der Waals surface area contributed by atoms with Gasteiger partial charge in [-0.2, -0.15) is 10.5 Å². The second-order valence-corrected chi connectivity index (χ2v) is 4.51. The van der Waals surface area contributed by atoms with Gasteiger partial charge in [-0.1, -0.05) is 0 Å². The molecular weight excluding hydrogens is 190 g/mol. The second kappa shape index (κ2) is 6.19. The van der Waals surface area contributed by atoms with E-state index in [2.05, 4.69) is 0 Å². The summed E-state index contributed by atoms with van der Waals surface area (Å²) in [5.41, 5.74) is 0. The van der Waals surface area contributed by atoms with Gasteiger partial charge in [0.05, 0.1) is 0 Å². The van der Waals surface area contributed by atoms with Gasteiger partial charge in [0.1, 0.15) is 15.5 Å². The number of rotatable bonds is 4. The van der Waals surface area contributed by atoms with Crippen LogP contribution < -0.4 is 0 Å². The van der Waals surface area contributed by atoms with Crippen molar-refractivity contribution in [3.05, 3.63) is 0 Å². The Morgan fingerprint density at radius 2 is 1.58 bits per heavy atom. The molecule has 0 radical (unpaired) electrons. The number of thioether (sulfide) groups is 2. The number of nitriles is 2. The number of hydrogen-bond donors (Lipinski definition) is 0. The number of nitrogens with zero attached hydrogens (tertiary/aromatic N) is 3. The van der Waals surface area contributed by atoms with Gasteiger partial charge in [0, 0.05) is 6.04 Å². The van der Waals surface area contributed by atoms with Crippen LogP contribution in [0.4, 0.5) is 0 Å². The lowest BCUT2D eigenvalue weighted by Crippen LogP contribution is -2.32. The van der Waals surface area contributed by atoms with Crippen LogP contribution in [-0.4, -0.2) is 22.7 Å². The maximum Gasteiger partial charge on any atom is 0.135 e. The molecule has 0 aromatic carbocycles. The van der Waals surface area contributed by atoms with E-state index in [1.807, 2.05) is 36.6 Å². The lowest BCUT2D eigenvalue weighted by molar-refractivity contribution is 0.305. The summed E-state index contributed by atoms with van der Waals surface area (Å²) in [7, 11) is 1.91. The van der Waals surface area contributed by atoms with Crippen molar-refractivity contribution >= 4 is 23.5 Å². The quantitative estimate of drug-likeness (QED) is 0.514. The van der Waals surface area contributed by atoms with Gasteiger partial charge in [-0.05, 0) is 44.4 Å². The van der Waals surface area contributed by atoms with Crippen LogP contribution in [0.15, 0.2) is 0 Å². The van der Waals surface area contributed by atoms with Crippen molar-refractivity contribution in [2.45, 2.75) is 24.6 Å². The molecule has 12 heavy (non-hydrogen) atoms. The standard InChI is InChI=1S/C7H11N3S2/c1-6(2)10(3)7(11-4-8)12-5-9/h6-7H,1-3H3. The van der Waals surface area contributed by atoms with Crippen molar-refractivity contribution in [3.8, 4) is 10.8 Å². The van der Waals surface area contributed by atoms with Crippen LogP contribution >= 0.6 is 23.5 Å². The summed E-state index contributed by atoms with van der Waals surface area (Å²) in [5.74, 6) is 0. The van der Waals surface area contributed by atoms with E-state index in [0.717, 1.165) is 23.5 Å². The molecule has 0 saturated carbocycles. The zero-order valence-electron chi connectivity index (χ0n) is 7.31. The summed E-state index contributed by atoms with van der Waals surface area (Å²) in [4.78, 5) is 1.99. The minimum absolute atomic E-state index is 0.0833. The van der Waals surface area contributed by atoms with E-state index in [1.54, 1.807) is 0 Å². The third-order valence-corrected chi connectivity index (χ3v) is 3.31. The van der Waals surface area contributed by atoms with Crippen LogP contribution in [0.5, 0.6) is 0 Å². The molecule has 0 atom stereocenters. The maximum absolute atomic E-state index is 8.46. The van der Waals surface area contributed by atoms with Crippen molar-refractivity contribution in [2.24, 2.45) is 0 Å². The van der Waals surface area contributed by atoms with E-state index in [0.29, 0.717) is 6.04 Å². The molecule has 0 aromatic rings. The molecule has 0 aliphatic carbocycles. The molecule has 0 aliphatic heterocycles. The molecular formula is C7H11N3S2. The minimum atomic E-state index is -0.0833. The average Bonchev–Trinajstić information content (AvgIpc) is 2.03. The average molecular weight is 201 g/mol. The van der Waals surface area contributed by atoms with Gasteiger partial charge >= 0.3 is 0 Å². The molecule has 0 rings (SSSR count). The SMILES string of the molecule is CC(C)N(C)C(SC#N)SC#N. The molecule has 0 amide bonds. The van der Waals surface area contributed by atoms with E-state index < -0.39 is 0 Å². The van der Waals surface area contributed by atoms with Crippen LogP contribution in [0.25, 0.3) is 0 Å². The van der Waals surface area contributed by atoms with Crippen molar-refractivity contribution in [1.29, 1.82) is 10.5 Å².